The molecule has 0 aliphatic heterocycles. The summed E-state index contributed by atoms with van der Waals surface area (Å²) in [6, 6.07) is 14.6. The van der Waals surface area contributed by atoms with Crippen LogP contribution in [0.1, 0.15) is 36.2 Å². The van der Waals surface area contributed by atoms with Gasteiger partial charge in [0.05, 0.1) is 30.4 Å². The Morgan fingerprint density at radius 2 is 1.88 bits per heavy atom. The first-order valence-corrected chi connectivity index (χ1v) is 11.5. The van der Waals surface area contributed by atoms with E-state index in [0.29, 0.717) is 21.6 Å². The molecule has 2 atom stereocenters. The molecular weight excluding hydrogens is 449 g/mol. The topological polar surface area (TPSA) is 76.4 Å². The Hall–Kier alpha value is -2.38. The van der Waals surface area contributed by atoms with Gasteiger partial charge < -0.3 is 15.2 Å². The first kappa shape index (κ1) is 22.8. The molecule has 6 nitrogen and oxygen atoms in total. The predicted molar refractivity (Wildman–Crippen MR) is 126 cm³/mol. The minimum Gasteiger partial charge on any atom is -0.394 e. The maximum atomic E-state index is 13.2. The summed E-state index contributed by atoms with van der Waals surface area (Å²) in [5, 5.41) is 13.3. The minimum absolute atomic E-state index is 0.0378. The lowest BCUT2D eigenvalue weighted by molar-refractivity contribution is -0.00980. The van der Waals surface area contributed by atoms with E-state index in [2.05, 4.69) is 10.3 Å². The molecule has 0 bridgehead atoms. The SMILES string of the molecule is O=C(N[C@@H]1CCCC[C@H]1OCCO)c1cn(-c2ccc(Cl)cc2)c(-c2ccccc2Cl)n1. The highest BCUT2D eigenvalue weighted by Crippen LogP contribution is 2.30. The van der Waals surface area contributed by atoms with Gasteiger partial charge in [0.15, 0.2) is 0 Å². The Kier molecular flexibility index (Phi) is 7.48. The molecule has 2 N–H and O–H groups in total. The summed E-state index contributed by atoms with van der Waals surface area (Å²) in [6.07, 6.45) is 5.36. The number of carbonyl (C=O) groups excluding carboxylic acids is 1. The molecular formula is C24H25Cl2N3O3. The summed E-state index contributed by atoms with van der Waals surface area (Å²) in [5.74, 6) is 0.301. The molecule has 4 rings (SSSR count). The second-order valence-corrected chi connectivity index (χ2v) is 8.62. The molecule has 1 heterocycles. The molecule has 0 unspecified atom stereocenters. The van der Waals surface area contributed by atoms with Crippen molar-refractivity contribution in [2.45, 2.75) is 37.8 Å². The number of aliphatic hydroxyl groups is 1. The van der Waals surface area contributed by atoms with E-state index in [9.17, 15) is 4.79 Å². The molecule has 32 heavy (non-hydrogen) atoms. The van der Waals surface area contributed by atoms with Gasteiger partial charge in [-0.3, -0.25) is 9.36 Å². The van der Waals surface area contributed by atoms with E-state index in [-0.39, 0.29) is 31.3 Å². The molecule has 2 aromatic carbocycles. The maximum Gasteiger partial charge on any atom is 0.271 e. The molecule has 3 aromatic rings. The fourth-order valence-corrected chi connectivity index (χ4v) is 4.37. The van der Waals surface area contributed by atoms with Gasteiger partial charge in [0.25, 0.3) is 5.91 Å². The van der Waals surface area contributed by atoms with Gasteiger partial charge in [0.2, 0.25) is 0 Å². The number of imidazole rings is 1. The Bertz CT molecular complexity index is 1070. The lowest BCUT2D eigenvalue weighted by atomic mass is 9.92. The number of carbonyl (C=O) groups is 1. The molecule has 1 aromatic heterocycles. The zero-order valence-corrected chi connectivity index (χ0v) is 19.0. The highest BCUT2D eigenvalue weighted by atomic mass is 35.5. The van der Waals surface area contributed by atoms with Gasteiger partial charge in [-0.2, -0.15) is 0 Å². The first-order chi connectivity index (χ1) is 15.6. The predicted octanol–water partition coefficient (Wildman–Crippen LogP) is 4.90. The monoisotopic (exact) mass is 473 g/mol. The number of hydrogen-bond donors (Lipinski definition) is 2. The maximum absolute atomic E-state index is 13.2. The quantitative estimate of drug-likeness (QED) is 0.511. The average Bonchev–Trinajstić information content (AvgIpc) is 3.25. The van der Waals surface area contributed by atoms with Gasteiger partial charge >= 0.3 is 0 Å². The third-order valence-electron chi connectivity index (χ3n) is 5.60. The standard InChI is InChI=1S/C24H25Cl2N3O3/c25-16-9-11-17(12-10-16)29-15-21(27-23(29)18-5-1-2-6-19(18)26)24(31)28-20-7-3-4-8-22(20)32-14-13-30/h1-2,5-6,9-12,15,20,22,30H,3-4,7-8,13-14H2,(H,28,31)/t20-,22-/m1/s1. The van der Waals surface area contributed by atoms with Crippen LogP contribution in [0.5, 0.6) is 0 Å². The largest absolute Gasteiger partial charge is 0.394 e. The number of benzene rings is 2. The molecule has 0 saturated heterocycles. The van der Waals surface area contributed by atoms with E-state index in [4.69, 9.17) is 33.0 Å². The highest BCUT2D eigenvalue weighted by Gasteiger charge is 2.28. The summed E-state index contributed by atoms with van der Waals surface area (Å²) in [6.45, 7) is 0.225. The summed E-state index contributed by atoms with van der Waals surface area (Å²) in [4.78, 5) is 17.8. The number of ether oxygens (including phenoxy) is 1. The third-order valence-corrected chi connectivity index (χ3v) is 6.18. The van der Waals surface area contributed by atoms with Gasteiger partial charge in [-0.25, -0.2) is 4.98 Å². The lowest BCUT2D eigenvalue weighted by Crippen LogP contribution is -2.46. The van der Waals surface area contributed by atoms with Crippen LogP contribution in [0.4, 0.5) is 0 Å². The fraction of sp³-hybridized carbons (Fsp3) is 0.333. The fourth-order valence-electron chi connectivity index (χ4n) is 4.03. The zero-order valence-electron chi connectivity index (χ0n) is 17.5. The highest BCUT2D eigenvalue weighted by molar-refractivity contribution is 6.33. The number of hydrogen-bond acceptors (Lipinski definition) is 4. The number of nitrogens with one attached hydrogen (secondary N) is 1. The summed E-state index contributed by atoms with van der Waals surface area (Å²) >= 11 is 12.5. The average molecular weight is 474 g/mol. The summed E-state index contributed by atoms with van der Waals surface area (Å²) in [7, 11) is 0. The normalized spacial score (nSPS) is 18.5. The number of halogens is 2. The summed E-state index contributed by atoms with van der Waals surface area (Å²) < 4.78 is 7.60. The Labute approximate surface area is 197 Å². The van der Waals surface area contributed by atoms with Crippen LogP contribution in [0, 0.1) is 0 Å². The number of rotatable bonds is 7. The first-order valence-electron chi connectivity index (χ1n) is 10.7. The molecule has 1 aliphatic carbocycles. The number of aliphatic hydroxyl groups excluding tert-OH is 1. The van der Waals surface area contributed by atoms with Crippen LogP contribution >= 0.6 is 23.2 Å². The molecule has 1 fully saturated rings. The van der Waals surface area contributed by atoms with Gasteiger partial charge in [-0.05, 0) is 49.2 Å². The molecule has 1 saturated carbocycles. The van der Waals surface area contributed by atoms with Crippen molar-refractivity contribution in [1.29, 1.82) is 0 Å². The number of aromatic nitrogens is 2. The molecule has 0 radical (unpaired) electrons. The van der Waals surface area contributed by atoms with Crippen LogP contribution in [-0.2, 0) is 4.74 Å². The van der Waals surface area contributed by atoms with E-state index in [1.165, 1.54) is 0 Å². The van der Waals surface area contributed by atoms with E-state index >= 15 is 0 Å². The smallest absolute Gasteiger partial charge is 0.271 e. The van der Waals surface area contributed by atoms with Gasteiger partial charge in [-0.1, -0.05) is 48.2 Å². The van der Waals surface area contributed by atoms with Crippen LogP contribution in [0.25, 0.3) is 17.1 Å². The number of nitrogens with zero attached hydrogens (tertiary/aromatic N) is 2. The van der Waals surface area contributed by atoms with Crippen LogP contribution < -0.4 is 5.32 Å². The van der Waals surface area contributed by atoms with Crippen molar-refractivity contribution < 1.29 is 14.6 Å². The van der Waals surface area contributed by atoms with Gasteiger partial charge in [0, 0.05) is 22.5 Å². The Morgan fingerprint density at radius 1 is 1.12 bits per heavy atom. The van der Waals surface area contributed by atoms with Gasteiger partial charge in [-0.15, -0.1) is 0 Å². The number of amides is 1. The van der Waals surface area contributed by atoms with E-state index in [1.807, 2.05) is 34.9 Å². The van der Waals surface area contributed by atoms with Crippen LogP contribution in [0.3, 0.4) is 0 Å². The van der Waals surface area contributed by atoms with E-state index < -0.39 is 0 Å². The molecule has 1 aliphatic rings. The van der Waals surface area contributed by atoms with Crippen molar-refractivity contribution >= 4 is 29.1 Å². The summed E-state index contributed by atoms with van der Waals surface area (Å²) in [5.41, 5.74) is 1.84. The lowest BCUT2D eigenvalue weighted by Gasteiger charge is -2.31. The van der Waals surface area contributed by atoms with E-state index in [1.54, 1.807) is 24.4 Å². The van der Waals surface area contributed by atoms with Crippen molar-refractivity contribution in [1.82, 2.24) is 14.9 Å². The third kappa shape index (κ3) is 5.15. The van der Waals surface area contributed by atoms with Crippen LogP contribution in [0.15, 0.2) is 54.7 Å². The van der Waals surface area contributed by atoms with E-state index in [0.717, 1.165) is 36.9 Å². The van der Waals surface area contributed by atoms with Crippen molar-refractivity contribution in [2.75, 3.05) is 13.2 Å². The minimum atomic E-state index is -0.268. The second kappa shape index (κ2) is 10.5. The molecule has 0 spiro atoms. The molecule has 1 amide bonds. The van der Waals surface area contributed by atoms with Crippen molar-refractivity contribution in [3.05, 3.63) is 70.5 Å². The molecule has 168 valence electrons. The van der Waals surface area contributed by atoms with Crippen molar-refractivity contribution in [2.24, 2.45) is 0 Å². The molecule has 8 heteroatoms. The van der Waals surface area contributed by atoms with Crippen LogP contribution in [0.2, 0.25) is 10.0 Å². The van der Waals surface area contributed by atoms with Gasteiger partial charge in [0.1, 0.15) is 11.5 Å². The van der Waals surface area contributed by atoms with Crippen molar-refractivity contribution in [3.8, 4) is 17.1 Å². The van der Waals surface area contributed by atoms with Crippen LogP contribution in [-0.4, -0.2) is 45.9 Å². The zero-order chi connectivity index (χ0) is 22.5. The Morgan fingerprint density at radius 3 is 2.62 bits per heavy atom. The van der Waals surface area contributed by atoms with Crippen molar-refractivity contribution in [3.63, 3.8) is 0 Å². The second-order valence-electron chi connectivity index (χ2n) is 7.77. The Balaban J connectivity index is 1.65.